The molecule has 1 aromatic heterocycles. The van der Waals surface area contributed by atoms with Gasteiger partial charge >= 0.3 is 0 Å². The molecule has 1 aromatic rings. The Morgan fingerprint density at radius 3 is 2.73 bits per heavy atom. The SMILES string of the molecule is Cc1nn(C)c(OCCC(C)C)c1C#N. The molecule has 0 amide bonds. The number of aryl methyl sites for hydroxylation is 2. The van der Waals surface area contributed by atoms with Crippen molar-refractivity contribution >= 4 is 0 Å². The molecular weight excluding hydrogens is 190 g/mol. The molecule has 0 fully saturated rings. The van der Waals surface area contributed by atoms with E-state index in [1.54, 1.807) is 11.7 Å². The van der Waals surface area contributed by atoms with Crippen molar-refractivity contribution in [1.29, 1.82) is 5.26 Å². The minimum absolute atomic E-state index is 0.543. The van der Waals surface area contributed by atoms with Crippen LogP contribution in [0.5, 0.6) is 5.88 Å². The number of aromatic nitrogens is 2. The Kier molecular flexibility index (Phi) is 3.73. The molecule has 1 heterocycles. The smallest absolute Gasteiger partial charge is 0.230 e. The van der Waals surface area contributed by atoms with E-state index in [4.69, 9.17) is 10.00 Å². The van der Waals surface area contributed by atoms with Crippen LogP contribution in [0.4, 0.5) is 0 Å². The lowest BCUT2D eigenvalue weighted by molar-refractivity contribution is 0.266. The predicted molar refractivity (Wildman–Crippen MR) is 57.6 cm³/mol. The molecule has 0 unspecified atom stereocenters. The van der Waals surface area contributed by atoms with E-state index < -0.39 is 0 Å². The highest BCUT2D eigenvalue weighted by Crippen LogP contribution is 2.20. The largest absolute Gasteiger partial charge is 0.477 e. The highest BCUT2D eigenvalue weighted by atomic mass is 16.5. The molecule has 0 aliphatic rings. The lowest BCUT2D eigenvalue weighted by atomic mass is 10.1. The van der Waals surface area contributed by atoms with Crippen molar-refractivity contribution < 1.29 is 4.74 Å². The van der Waals surface area contributed by atoms with Crippen LogP contribution in [0.2, 0.25) is 0 Å². The third-order valence-electron chi connectivity index (χ3n) is 2.22. The first-order valence-electron chi connectivity index (χ1n) is 5.12. The minimum Gasteiger partial charge on any atom is -0.477 e. The third-order valence-corrected chi connectivity index (χ3v) is 2.22. The maximum atomic E-state index is 8.94. The molecule has 0 spiro atoms. The van der Waals surface area contributed by atoms with Gasteiger partial charge in [0.15, 0.2) is 0 Å². The molecule has 0 radical (unpaired) electrons. The second-order valence-electron chi connectivity index (χ2n) is 4.03. The summed E-state index contributed by atoms with van der Waals surface area (Å²) in [6.45, 7) is 6.73. The van der Waals surface area contributed by atoms with E-state index in [-0.39, 0.29) is 0 Å². The zero-order valence-electron chi connectivity index (χ0n) is 9.74. The maximum Gasteiger partial charge on any atom is 0.230 e. The quantitative estimate of drug-likeness (QED) is 0.759. The first kappa shape index (κ1) is 11.6. The molecular formula is C11H17N3O. The van der Waals surface area contributed by atoms with Gasteiger partial charge in [-0.25, -0.2) is 4.68 Å². The number of hydrogen-bond donors (Lipinski definition) is 0. The van der Waals surface area contributed by atoms with E-state index in [0.29, 0.717) is 24.0 Å². The molecule has 4 nitrogen and oxygen atoms in total. The molecule has 0 aliphatic carbocycles. The molecule has 0 aromatic carbocycles. The minimum atomic E-state index is 0.543. The van der Waals surface area contributed by atoms with Gasteiger partial charge in [-0.05, 0) is 19.3 Å². The van der Waals surface area contributed by atoms with E-state index >= 15 is 0 Å². The van der Waals surface area contributed by atoms with Gasteiger partial charge in [0.1, 0.15) is 11.6 Å². The number of rotatable bonds is 4. The highest BCUT2D eigenvalue weighted by Gasteiger charge is 2.13. The average molecular weight is 207 g/mol. The monoisotopic (exact) mass is 207 g/mol. The number of nitriles is 1. The zero-order valence-corrected chi connectivity index (χ0v) is 9.74. The fourth-order valence-corrected chi connectivity index (χ4v) is 1.32. The van der Waals surface area contributed by atoms with E-state index in [1.807, 2.05) is 6.92 Å². The van der Waals surface area contributed by atoms with Crippen LogP contribution in [0.1, 0.15) is 31.5 Å². The molecule has 0 N–H and O–H groups in total. The van der Waals surface area contributed by atoms with Crippen molar-refractivity contribution in [3.63, 3.8) is 0 Å². The van der Waals surface area contributed by atoms with Crippen LogP contribution in [0, 0.1) is 24.2 Å². The van der Waals surface area contributed by atoms with Crippen LogP contribution < -0.4 is 4.74 Å². The Labute approximate surface area is 90.5 Å². The summed E-state index contributed by atoms with van der Waals surface area (Å²) in [4.78, 5) is 0. The number of ether oxygens (including phenoxy) is 1. The van der Waals surface area contributed by atoms with Crippen LogP contribution >= 0.6 is 0 Å². The normalized spacial score (nSPS) is 10.4. The van der Waals surface area contributed by atoms with Crippen molar-refractivity contribution in [3.05, 3.63) is 11.3 Å². The van der Waals surface area contributed by atoms with Crippen molar-refractivity contribution in [2.24, 2.45) is 13.0 Å². The van der Waals surface area contributed by atoms with Crippen LogP contribution in [-0.4, -0.2) is 16.4 Å². The zero-order chi connectivity index (χ0) is 11.4. The van der Waals surface area contributed by atoms with E-state index in [2.05, 4.69) is 25.0 Å². The van der Waals surface area contributed by atoms with E-state index in [1.165, 1.54) is 0 Å². The first-order valence-corrected chi connectivity index (χ1v) is 5.12. The van der Waals surface area contributed by atoms with Gasteiger partial charge < -0.3 is 4.74 Å². The van der Waals surface area contributed by atoms with Crippen molar-refractivity contribution in [1.82, 2.24) is 9.78 Å². The van der Waals surface area contributed by atoms with Crippen LogP contribution in [0.25, 0.3) is 0 Å². The van der Waals surface area contributed by atoms with Crippen molar-refractivity contribution in [3.8, 4) is 11.9 Å². The molecule has 0 saturated heterocycles. The molecule has 0 atom stereocenters. The van der Waals surface area contributed by atoms with Gasteiger partial charge in [0.05, 0.1) is 12.3 Å². The Morgan fingerprint density at radius 2 is 2.20 bits per heavy atom. The molecule has 4 heteroatoms. The molecule has 0 saturated carbocycles. The van der Waals surface area contributed by atoms with Crippen molar-refractivity contribution in [2.45, 2.75) is 27.2 Å². The van der Waals surface area contributed by atoms with Gasteiger partial charge in [-0.3, -0.25) is 0 Å². The summed E-state index contributed by atoms with van der Waals surface area (Å²) in [5.74, 6) is 1.18. The molecule has 0 bridgehead atoms. The second kappa shape index (κ2) is 4.83. The van der Waals surface area contributed by atoms with Gasteiger partial charge in [-0.1, -0.05) is 13.8 Å². The second-order valence-corrected chi connectivity index (χ2v) is 4.03. The van der Waals surface area contributed by atoms with Crippen LogP contribution in [0.3, 0.4) is 0 Å². The maximum absolute atomic E-state index is 8.94. The van der Waals surface area contributed by atoms with E-state index in [0.717, 1.165) is 12.1 Å². The predicted octanol–water partition coefficient (Wildman–Crippen LogP) is 2.03. The van der Waals surface area contributed by atoms with Gasteiger partial charge in [-0.15, -0.1) is 0 Å². The third kappa shape index (κ3) is 2.72. The summed E-state index contributed by atoms with van der Waals surface area (Å²) >= 11 is 0. The molecule has 1 rings (SSSR count). The molecule has 15 heavy (non-hydrogen) atoms. The summed E-state index contributed by atoms with van der Waals surface area (Å²) in [5, 5.41) is 13.1. The summed E-state index contributed by atoms with van der Waals surface area (Å²) in [6.07, 6.45) is 0.981. The van der Waals surface area contributed by atoms with Gasteiger partial charge in [-0.2, -0.15) is 10.4 Å². The summed E-state index contributed by atoms with van der Waals surface area (Å²) in [5.41, 5.74) is 1.26. The number of nitrogens with zero attached hydrogens (tertiary/aromatic N) is 3. The molecule has 0 aliphatic heterocycles. The fourth-order valence-electron chi connectivity index (χ4n) is 1.32. The number of hydrogen-bond acceptors (Lipinski definition) is 3. The Morgan fingerprint density at radius 1 is 1.53 bits per heavy atom. The average Bonchev–Trinajstić information content (AvgIpc) is 2.41. The lowest BCUT2D eigenvalue weighted by Crippen LogP contribution is -2.05. The van der Waals surface area contributed by atoms with Crippen molar-refractivity contribution in [2.75, 3.05) is 6.61 Å². The Balaban J connectivity index is 2.72. The fraction of sp³-hybridized carbons (Fsp3) is 0.636. The molecule has 82 valence electrons. The lowest BCUT2D eigenvalue weighted by Gasteiger charge is -2.07. The summed E-state index contributed by atoms with van der Waals surface area (Å²) in [6, 6.07) is 2.11. The van der Waals surface area contributed by atoms with Crippen LogP contribution in [-0.2, 0) is 7.05 Å². The summed E-state index contributed by atoms with van der Waals surface area (Å²) in [7, 11) is 1.79. The standard InChI is InChI=1S/C11H17N3O/c1-8(2)5-6-15-11-10(7-12)9(3)13-14(11)4/h8H,5-6H2,1-4H3. The Bertz CT molecular complexity index is 374. The van der Waals surface area contributed by atoms with E-state index in [9.17, 15) is 0 Å². The highest BCUT2D eigenvalue weighted by molar-refractivity contribution is 5.41. The van der Waals surface area contributed by atoms with Gasteiger partial charge in [0.25, 0.3) is 0 Å². The Hall–Kier alpha value is -1.50. The topological polar surface area (TPSA) is 50.8 Å². The van der Waals surface area contributed by atoms with Gasteiger partial charge in [0, 0.05) is 7.05 Å². The van der Waals surface area contributed by atoms with Gasteiger partial charge in [0.2, 0.25) is 5.88 Å². The first-order chi connectivity index (χ1) is 7.06. The van der Waals surface area contributed by atoms with Crippen LogP contribution in [0.15, 0.2) is 0 Å². The summed E-state index contributed by atoms with van der Waals surface area (Å²) < 4.78 is 7.19.